The fourth-order valence-corrected chi connectivity index (χ4v) is 12.4. The number of non-ortho nitro benzene ring substituents is 2. The molecule has 0 aliphatic carbocycles. The van der Waals surface area contributed by atoms with Gasteiger partial charge in [0.2, 0.25) is 47.3 Å². The lowest BCUT2D eigenvalue weighted by Crippen LogP contribution is -2.62. The number of benzene rings is 2. The van der Waals surface area contributed by atoms with Gasteiger partial charge in [0.25, 0.3) is 17.3 Å². The lowest BCUT2D eigenvalue weighted by Gasteiger charge is -2.29. The van der Waals surface area contributed by atoms with Gasteiger partial charge in [-0.05, 0) is 193 Å². The van der Waals surface area contributed by atoms with Crippen molar-refractivity contribution in [2.75, 3.05) is 67.4 Å². The molecule has 0 saturated heterocycles. The van der Waals surface area contributed by atoms with Crippen molar-refractivity contribution in [2.24, 2.45) is 23.1 Å². The molecule has 2 rings (SSSR count). The SMILES string of the molecule is CC[C@H](C)[C@H](NC(=O)[C@H](CCCCNc1cc([N+](=O)[O-])cc([N+](=O)[O-])c1)NC(=O)[C@H](CSC/C=C(\C)CC/C=C(\C)CCC=C(C)C)NC(=O)[C@H](CCCCN)NC(=O)[C@@H](NC(=O)[C@H](CCCCN)NC(=O)[C@H](CO)NC(=O)[C@H](CCCCN)NC(=O)c1ccccc1N)[C@@H](C)O)C(=O)N[C@@H](CCSC)C(=O)O. The van der Waals surface area contributed by atoms with Gasteiger partial charge in [-0.15, -0.1) is 0 Å². The Morgan fingerprint density at radius 2 is 0.981 bits per heavy atom. The average molecular weight is 1560 g/mol. The van der Waals surface area contributed by atoms with Crippen molar-refractivity contribution in [1.82, 2.24) is 47.9 Å². The first-order chi connectivity index (χ1) is 51.4. The predicted molar refractivity (Wildman–Crippen MR) is 420 cm³/mol. The number of aliphatic hydroxyl groups excluding tert-OH is 2. The molecular formula is C73H118N16O17S2. The summed E-state index contributed by atoms with van der Waals surface area (Å²) in [4.78, 5) is 163. The van der Waals surface area contributed by atoms with Crippen molar-refractivity contribution in [3.8, 4) is 0 Å². The Balaban J connectivity index is 2.69. The highest BCUT2D eigenvalue weighted by Gasteiger charge is 2.37. The van der Waals surface area contributed by atoms with Crippen LogP contribution in [0.25, 0.3) is 0 Å². The van der Waals surface area contributed by atoms with Crippen LogP contribution in [0, 0.1) is 26.1 Å². The lowest BCUT2D eigenvalue weighted by atomic mass is 9.97. The number of nitro groups is 2. The standard InChI is InChI=1S/C73H118N16O17S2/c1-9-48(6)62(71(99)83-59(73(101)102)33-38-107-8)86-67(95)58(31-15-19-37-78-50-40-51(88(103)104)42-52(41-50)89(105)106)81-70(98)61(44-108-39-32-47(5)25-21-24-46(4)23-20-22-45(2)3)85-66(94)56(29-13-17-35-75)82-72(100)63(49(7)91)87-68(96)57(30-14-18-36-76)80-69(97)60(43-90)84-65(93)55(28-12-16-34-74)79-64(92)53-26-10-11-27-54(53)77/h10-11,22,24,26-27,32,40-42,48-49,55-63,78,90-91H,9,12-21,23,25,28-31,33-39,43-44,74-77H2,1-8H3,(H,79,92)(H,80,97)(H,81,98)(H,82,100)(H,83,99)(H,84,93)(H,85,94)(H,86,95)(H,87,96)(H,101,102)/b46-24+,47-32+/t48-,49+,55-,56-,57-,58-,59-,60-,61-,62-,63-/m0/s1. The van der Waals surface area contributed by atoms with Crippen molar-refractivity contribution in [2.45, 2.75) is 225 Å². The number of nitrogens with zero attached hydrogens (tertiary/aromatic N) is 2. The minimum absolute atomic E-state index is 0.0584. The summed E-state index contributed by atoms with van der Waals surface area (Å²) in [5, 5.41) is 81.4. The number of allylic oxidation sites excluding steroid dienone is 5. The first-order valence-electron chi connectivity index (χ1n) is 36.8. The molecule has 21 N–H and O–H groups in total. The number of rotatable bonds is 56. The first-order valence-corrected chi connectivity index (χ1v) is 39.3. The van der Waals surface area contributed by atoms with Crippen LogP contribution in [0.2, 0.25) is 0 Å². The van der Waals surface area contributed by atoms with Gasteiger partial charge < -0.3 is 91.4 Å². The first kappa shape index (κ1) is 95.3. The molecule has 604 valence electrons. The predicted octanol–water partition coefficient (Wildman–Crippen LogP) is 4.14. The Kier molecular flexibility index (Phi) is 46.9. The fraction of sp³-hybridized carbons (Fsp3) is 0.616. The molecule has 33 nitrogen and oxygen atoms in total. The highest BCUT2D eigenvalue weighted by Crippen LogP contribution is 2.26. The number of anilines is 2. The van der Waals surface area contributed by atoms with E-state index in [0.29, 0.717) is 43.6 Å². The number of carbonyl (C=O) groups excluding carboxylic acids is 9. The highest BCUT2D eigenvalue weighted by molar-refractivity contribution is 7.99. The van der Waals surface area contributed by atoms with Crippen LogP contribution in [0.3, 0.4) is 0 Å². The Bertz CT molecular complexity index is 3310. The third kappa shape index (κ3) is 36.9. The second-order valence-electron chi connectivity index (χ2n) is 26.9. The number of nitrogens with two attached hydrogens (primary N) is 4. The molecule has 0 fully saturated rings. The molecule has 0 aliphatic rings. The minimum Gasteiger partial charge on any atom is -0.480 e. The number of nitrogen functional groups attached to an aromatic ring is 1. The van der Waals surface area contributed by atoms with Crippen LogP contribution in [0.4, 0.5) is 22.7 Å². The largest absolute Gasteiger partial charge is 0.480 e. The maximum atomic E-state index is 15.1. The monoisotopic (exact) mass is 1550 g/mol. The third-order valence-corrected chi connectivity index (χ3v) is 19.2. The van der Waals surface area contributed by atoms with Crippen LogP contribution in [-0.2, 0) is 43.2 Å². The number of hydrogen-bond acceptors (Lipinski definition) is 23. The van der Waals surface area contributed by atoms with Gasteiger partial charge in [-0.1, -0.05) is 67.3 Å². The highest BCUT2D eigenvalue weighted by atomic mass is 32.2. The number of hydrogen-bond donors (Lipinski definition) is 17. The summed E-state index contributed by atoms with van der Waals surface area (Å²) in [5.41, 5.74) is 26.1. The molecule has 35 heteroatoms. The molecule has 0 aromatic heterocycles. The molecule has 11 atom stereocenters. The molecule has 0 spiro atoms. The van der Waals surface area contributed by atoms with Gasteiger partial charge in [0.15, 0.2) is 0 Å². The van der Waals surface area contributed by atoms with E-state index in [1.807, 2.05) is 26.8 Å². The molecule has 2 aromatic rings. The van der Waals surface area contributed by atoms with E-state index in [-0.39, 0.29) is 107 Å². The minimum atomic E-state index is -1.82. The van der Waals surface area contributed by atoms with Gasteiger partial charge in [0.05, 0.1) is 34.2 Å². The zero-order valence-electron chi connectivity index (χ0n) is 63.6. The fourth-order valence-electron chi connectivity index (χ4n) is 10.9. The number of unbranched alkanes of at least 4 members (excludes halogenated alkanes) is 4. The van der Waals surface area contributed by atoms with E-state index in [9.17, 15) is 78.7 Å². The molecular weight excluding hydrogens is 1440 g/mol. The number of aliphatic hydroxyl groups is 2. The van der Waals surface area contributed by atoms with Crippen molar-refractivity contribution in [1.29, 1.82) is 0 Å². The second-order valence-corrected chi connectivity index (χ2v) is 29.0. The summed E-state index contributed by atoms with van der Waals surface area (Å²) < 4.78 is 0. The van der Waals surface area contributed by atoms with Crippen LogP contribution in [0.1, 0.15) is 174 Å². The Labute approximate surface area is 641 Å². The summed E-state index contributed by atoms with van der Waals surface area (Å²) in [7, 11) is 0. The van der Waals surface area contributed by atoms with E-state index in [1.165, 1.54) is 53.7 Å². The Morgan fingerprint density at radius 3 is 1.46 bits per heavy atom. The summed E-state index contributed by atoms with van der Waals surface area (Å²) in [6.45, 7) is 12.5. The van der Waals surface area contributed by atoms with Gasteiger partial charge in [-0.2, -0.15) is 23.5 Å². The number of nitro benzene ring substituents is 2. The maximum absolute atomic E-state index is 15.1. The van der Waals surface area contributed by atoms with Crippen molar-refractivity contribution in [3.05, 3.63) is 103 Å². The van der Waals surface area contributed by atoms with Crippen LogP contribution in [-0.4, -0.2) is 201 Å². The number of aliphatic carboxylic acids is 1. The van der Waals surface area contributed by atoms with E-state index in [2.05, 4.69) is 72.2 Å². The summed E-state index contributed by atoms with van der Waals surface area (Å²) in [6, 6.07) is -4.10. The molecule has 0 bridgehead atoms. The number of amides is 9. The number of carbonyl (C=O) groups is 10. The van der Waals surface area contributed by atoms with Gasteiger partial charge in [0, 0.05) is 41.6 Å². The van der Waals surface area contributed by atoms with Gasteiger partial charge >= 0.3 is 5.97 Å². The smallest absolute Gasteiger partial charge is 0.326 e. The van der Waals surface area contributed by atoms with Crippen LogP contribution in [0.15, 0.2) is 77.4 Å². The zero-order valence-corrected chi connectivity index (χ0v) is 65.2. The van der Waals surface area contributed by atoms with E-state index in [1.54, 1.807) is 32.2 Å². The van der Waals surface area contributed by atoms with Crippen LogP contribution >= 0.6 is 23.5 Å². The van der Waals surface area contributed by atoms with Crippen molar-refractivity contribution >= 4 is 105 Å². The number of thioether (sulfide) groups is 2. The molecule has 0 aliphatic heterocycles. The molecule has 0 saturated carbocycles. The molecule has 0 heterocycles. The van der Waals surface area contributed by atoms with E-state index >= 15 is 4.79 Å². The Hall–Kier alpha value is -8.74. The summed E-state index contributed by atoms with van der Waals surface area (Å²) in [5.74, 6) is -9.43. The van der Waals surface area contributed by atoms with Gasteiger partial charge in [-0.3, -0.25) is 63.4 Å². The maximum Gasteiger partial charge on any atom is 0.326 e. The van der Waals surface area contributed by atoms with Crippen LogP contribution < -0.4 is 76.1 Å². The van der Waals surface area contributed by atoms with E-state index < -0.39 is 153 Å². The summed E-state index contributed by atoms with van der Waals surface area (Å²) >= 11 is 2.62. The van der Waals surface area contributed by atoms with Gasteiger partial charge in [-0.25, -0.2) is 4.79 Å². The van der Waals surface area contributed by atoms with Crippen LogP contribution in [0.5, 0.6) is 0 Å². The second kappa shape index (κ2) is 53.1. The quantitative estimate of drug-likeness (QED) is 0.0145. The topological polar surface area (TPSA) is 542 Å². The third-order valence-electron chi connectivity index (χ3n) is 17.6. The normalized spacial score (nSPS) is 14.6. The average Bonchev–Trinajstić information content (AvgIpc) is 0.867. The molecule has 2 aromatic carbocycles. The molecule has 0 radical (unpaired) electrons. The van der Waals surface area contributed by atoms with E-state index in [0.717, 1.165) is 49.5 Å². The van der Waals surface area contributed by atoms with Gasteiger partial charge in [0.1, 0.15) is 54.4 Å². The number of nitrogens with one attached hydrogen (secondary N) is 10. The molecule has 9 amide bonds. The number of carboxylic acid groups (broad SMARTS) is 1. The lowest BCUT2D eigenvalue weighted by molar-refractivity contribution is -0.394. The van der Waals surface area contributed by atoms with Crippen molar-refractivity contribution in [3.63, 3.8) is 0 Å². The Morgan fingerprint density at radius 1 is 0.546 bits per heavy atom. The number of carboxylic acids is 1. The zero-order chi connectivity index (χ0) is 80.8. The molecule has 108 heavy (non-hydrogen) atoms. The van der Waals surface area contributed by atoms with E-state index in [4.69, 9.17) is 22.9 Å². The number of para-hydroxylation sites is 1. The molecule has 0 unspecified atom stereocenters. The van der Waals surface area contributed by atoms with Crippen molar-refractivity contribution < 1.29 is 73.1 Å². The summed E-state index contributed by atoms with van der Waals surface area (Å²) in [6.07, 6.45) is 12.3.